The van der Waals surface area contributed by atoms with E-state index < -0.39 is 101 Å². The van der Waals surface area contributed by atoms with Crippen molar-refractivity contribution in [2.45, 2.75) is 146 Å². The van der Waals surface area contributed by atoms with Crippen molar-refractivity contribution in [3.63, 3.8) is 0 Å². The Hall–Kier alpha value is -5.28. The van der Waals surface area contributed by atoms with Crippen LogP contribution in [0, 0.1) is 34.5 Å². The van der Waals surface area contributed by atoms with Crippen LogP contribution in [0.2, 0.25) is 20.1 Å². The number of sulfone groups is 2. The lowest BCUT2D eigenvalue weighted by atomic mass is 9.89. The minimum absolute atomic E-state index is 0. The fourth-order valence-electron chi connectivity index (χ4n) is 9.96. The average Bonchev–Trinajstić information content (AvgIpc) is 4.41. The van der Waals surface area contributed by atoms with Crippen LogP contribution in [-0.2, 0) is 48.3 Å². The van der Waals surface area contributed by atoms with E-state index in [0.29, 0.717) is 42.3 Å². The quantitative estimate of drug-likeness (QED) is 0.0886. The molecule has 2 saturated carbocycles. The number of hydrogen-bond donors (Lipinski definition) is 2. The minimum Gasteiger partial charge on any atom is -0.357 e. The molecule has 2 aliphatic heterocycles. The van der Waals surface area contributed by atoms with E-state index in [1.54, 1.807) is 136 Å². The van der Waals surface area contributed by atoms with Crippen molar-refractivity contribution in [2.75, 3.05) is 24.6 Å². The third kappa shape index (κ3) is 16.1. The number of benzene rings is 4. The van der Waals surface area contributed by atoms with Crippen molar-refractivity contribution in [1.29, 1.82) is 10.5 Å². The minimum atomic E-state index is -3.62. The van der Waals surface area contributed by atoms with Gasteiger partial charge in [-0.1, -0.05) is 102 Å². The van der Waals surface area contributed by atoms with Crippen molar-refractivity contribution < 1.29 is 45.5 Å². The summed E-state index contributed by atoms with van der Waals surface area (Å²) >= 11 is 25.1. The number of nitriles is 2. The number of rotatable bonds is 18. The van der Waals surface area contributed by atoms with Crippen LogP contribution in [0.3, 0.4) is 0 Å². The number of hydrogen-bond acceptors (Lipinski definition) is 12. The summed E-state index contributed by atoms with van der Waals surface area (Å²) < 4.78 is 64.8. The molecule has 8 atom stereocenters. The van der Waals surface area contributed by atoms with E-state index in [0.717, 1.165) is 25.7 Å². The summed E-state index contributed by atoms with van der Waals surface area (Å²) in [5.41, 5.74) is 2.80. The van der Waals surface area contributed by atoms with Gasteiger partial charge >= 0.3 is 0 Å². The molecule has 4 amide bonds. The molecule has 4 fully saturated rings. The molecule has 16 nitrogen and oxygen atoms in total. The van der Waals surface area contributed by atoms with Gasteiger partial charge in [-0.3, -0.25) is 19.2 Å². The average molecular weight is 1230 g/mol. The van der Waals surface area contributed by atoms with Crippen LogP contribution in [0.5, 0.6) is 0 Å². The number of amides is 4. The lowest BCUT2D eigenvalue weighted by molar-refractivity contribution is -0.181. The fourth-order valence-corrected chi connectivity index (χ4v) is 13.4. The molecular formula is C59H70Cl4N6O10S2. The highest BCUT2D eigenvalue weighted by Crippen LogP contribution is 2.51. The predicted octanol–water partition coefficient (Wildman–Crippen LogP) is 10.7. The number of carbonyl (C=O) groups is 4. The fraction of sp³-hybridized carbons (Fsp3) is 0.492. The Morgan fingerprint density at radius 1 is 0.568 bits per heavy atom. The van der Waals surface area contributed by atoms with E-state index in [4.69, 9.17) is 66.4 Å². The standard InChI is InChI=1S/2C29H33Cl2N3O5S.CH4/c2*1-29(2,3)40(37,38)17-23(18-7-8-18)34-26(19-9-11-21(30)12-10-19)27(20-5-4-6-22(31)15-20)39-24(28(34)36)16-25(35)33-14-13-32;/h2*4-6,9-12,15,18,23-24,26-27H,7-8,14,16-17H2,1-3H3,(H,33,35);1H4/t23-,24+,26-,27-;23-,24-,26-,27-;/m11./s1. The van der Waals surface area contributed by atoms with Gasteiger partial charge in [-0.05, 0) is 150 Å². The Balaban J connectivity index is 0.000000258. The lowest BCUT2D eigenvalue weighted by Gasteiger charge is -2.48. The van der Waals surface area contributed by atoms with Gasteiger partial charge in [0.25, 0.3) is 11.8 Å². The van der Waals surface area contributed by atoms with Crippen molar-refractivity contribution in [3.8, 4) is 12.1 Å². The highest BCUT2D eigenvalue weighted by atomic mass is 35.5. The first kappa shape index (κ1) is 64.9. The second-order valence-corrected chi connectivity index (χ2v) is 29.9. The summed E-state index contributed by atoms with van der Waals surface area (Å²) in [5.74, 6) is -2.42. The van der Waals surface area contributed by atoms with Crippen LogP contribution < -0.4 is 10.6 Å². The molecule has 436 valence electrons. The molecule has 4 aromatic rings. The van der Waals surface area contributed by atoms with Crippen LogP contribution in [0.4, 0.5) is 0 Å². The van der Waals surface area contributed by atoms with Crippen molar-refractivity contribution in [1.82, 2.24) is 20.4 Å². The van der Waals surface area contributed by atoms with Crippen LogP contribution in [-0.4, -0.2) is 109 Å². The van der Waals surface area contributed by atoms with Crippen molar-refractivity contribution >= 4 is 89.7 Å². The lowest BCUT2D eigenvalue weighted by Crippen LogP contribution is -2.58. The number of nitrogens with zero attached hydrogens (tertiary/aromatic N) is 4. The summed E-state index contributed by atoms with van der Waals surface area (Å²) in [5, 5.41) is 24.7. The predicted molar refractivity (Wildman–Crippen MR) is 314 cm³/mol. The maximum Gasteiger partial charge on any atom is 0.253 e. The summed E-state index contributed by atoms with van der Waals surface area (Å²) in [4.78, 5) is 57.1. The topological polar surface area (TPSA) is 233 Å². The zero-order chi connectivity index (χ0) is 58.5. The molecule has 2 N–H and O–H groups in total. The Morgan fingerprint density at radius 2 is 0.901 bits per heavy atom. The van der Waals surface area contributed by atoms with Gasteiger partial charge in [-0.15, -0.1) is 0 Å². The van der Waals surface area contributed by atoms with Gasteiger partial charge in [-0.25, -0.2) is 16.8 Å². The summed E-state index contributed by atoms with van der Waals surface area (Å²) in [7, 11) is -7.24. The first-order valence-electron chi connectivity index (χ1n) is 26.3. The highest BCUT2D eigenvalue weighted by Gasteiger charge is 2.54. The van der Waals surface area contributed by atoms with Crippen LogP contribution >= 0.6 is 46.4 Å². The number of nitrogens with one attached hydrogen (secondary N) is 2. The molecule has 2 heterocycles. The van der Waals surface area contributed by atoms with E-state index in [1.807, 2.05) is 24.3 Å². The maximum absolute atomic E-state index is 14.2. The van der Waals surface area contributed by atoms with Gasteiger partial charge in [-0.2, -0.15) is 10.5 Å². The third-order valence-electron chi connectivity index (χ3n) is 14.8. The van der Waals surface area contributed by atoms with E-state index >= 15 is 0 Å². The number of ether oxygens (including phenoxy) is 2. The maximum atomic E-state index is 14.2. The number of carbonyl (C=O) groups excluding carboxylic acids is 4. The zero-order valence-electron chi connectivity index (χ0n) is 45.3. The first-order chi connectivity index (χ1) is 37.6. The van der Waals surface area contributed by atoms with Crippen LogP contribution in [0.15, 0.2) is 97.1 Å². The van der Waals surface area contributed by atoms with E-state index in [1.165, 1.54) is 0 Å². The molecule has 0 aromatic heterocycles. The van der Waals surface area contributed by atoms with Crippen molar-refractivity contribution in [3.05, 3.63) is 139 Å². The molecule has 8 rings (SSSR count). The van der Waals surface area contributed by atoms with Gasteiger partial charge < -0.3 is 29.9 Å². The van der Waals surface area contributed by atoms with Gasteiger partial charge in [0.05, 0.1) is 58.1 Å². The van der Waals surface area contributed by atoms with E-state index in [-0.39, 0.29) is 56.7 Å². The molecule has 0 radical (unpaired) electrons. The monoisotopic (exact) mass is 1230 g/mol. The van der Waals surface area contributed by atoms with Gasteiger partial charge in [0.15, 0.2) is 19.7 Å². The zero-order valence-corrected chi connectivity index (χ0v) is 49.9. The summed E-state index contributed by atoms with van der Waals surface area (Å²) in [6, 6.07) is 29.3. The largest absolute Gasteiger partial charge is 0.357 e. The molecule has 22 heteroatoms. The number of morpholine rings is 2. The molecule has 4 aliphatic rings. The molecule has 0 bridgehead atoms. The smallest absolute Gasteiger partial charge is 0.253 e. The normalized spacial score (nSPS) is 22.2. The van der Waals surface area contributed by atoms with E-state index in [9.17, 15) is 36.0 Å². The first-order valence-corrected chi connectivity index (χ1v) is 31.1. The second kappa shape index (κ2) is 27.0. The Labute approximate surface area is 496 Å². The molecule has 4 aromatic carbocycles. The van der Waals surface area contributed by atoms with E-state index in [2.05, 4.69) is 10.6 Å². The van der Waals surface area contributed by atoms with Crippen LogP contribution in [0.1, 0.15) is 134 Å². The molecule has 81 heavy (non-hydrogen) atoms. The Morgan fingerprint density at radius 3 is 1.19 bits per heavy atom. The molecule has 0 spiro atoms. The molecule has 2 aliphatic carbocycles. The van der Waals surface area contributed by atoms with Crippen LogP contribution in [0.25, 0.3) is 0 Å². The summed E-state index contributed by atoms with van der Waals surface area (Å²) in [6.45, 7) is 9.51. The molecule has 2 saturated heterocycles. The molecular weight excluding hydrogens is 1160 g/mol. The Kier molecular flexibility index (Phi) is 21.6. The SMILES string of the molecule is C.CC(C)(C)S(=O)(=O)C[C@H](C1CC1)N1C(=O)[C@@H](CC(=O)NCC#N)O[C@H](c2cccc(Cl)c2)[C@H]1c1ccc(Cl)cc1.CC(C)(C)S(=O)(=O)C[C@H](C1CC1)N1C(=O)[C@H](CC(=O)NCC#N)O[C@H](c2cccc(Cl)c2)[C@H]1c1ccc(Cl)cc1. The van der Waals surface area contributed by atoms with Crippen molar-refractivity contribution in [2.24, 2.45) is 11.8 Å². The van der Waals surface area contributed by atoms with Gasteiger partial charge in [0.1, 0.15) is 37.5 Å². The van der Waals surface area contributed by atoms with Gasteiger partial charge in [0, 0.05) is 32.2 Å². The third-order valence-corrected chi connectivity index (χ3v) is 21.1. The van der Waals surface area contributed by atoms with Gasteiger partial charge in [0.2, 0.25) is 11.8 Å². The molecule has 0 unspecified atom stereocenters. The highest BCUT2D eigenvalue weighted by molar-refractivity contribution is 7.93. The second-order valence-electron chi connectivity index (χ2n) is 22.6. The summed E-state index contributed by atoms with van der Waals surface area (Å²) in [6.07, 6.45) is -1.37. The Bertz CT molecular complexity index is 3010. The number of halogens is 4.